The largest absolute Gasteiger partial charge is 0.259 e. The van der Waals surface area contributed by atoms with Crippen LogP contribution in [0, 0.1) is 15.0 Å². The van der Waals surface area contributed by atoms with Crippen molar-refractivity contribution in [2.75, 3.05) is 0 Å². The van der Waals surface area contributed by atoms with Crippen molar-refractivity contribution in [1.82, 2.24) is 9.78 Å². The molecule has 4 heteroatoms. The van der Waals surface area contributed by atoms with Crippen LogP contribution in [0.15, 0.2) is 48.5 Å². The van der Waals surface area contributed by atoms with Crippen molar-refractivity contribution < 1.29 is 0 Å². The molecule has 1 heterocycles. The van der Waals surface area contributed by atoms with E-state index in [1.807, 2.05) is 28.9 Å². The lowest BCUT2D eigenvalue weighted by Crippen LogP contribution is -2.01. The number of hydrogen-bond donors (Lipinski definition) is 0. The summed E-state index contributed by atoms with van der Waals surface area (Å²) in [4.78, 5) is 0. The van der Waals surface area contributed by atoms with Crippen molar-refractivity contribution in [3.05, 3.63) is 63.4 Å². The summed E-state index contributed by atoms with van der Waals surface area (Å²) in [5, 5.41) is 14.5. The van der Waals surface area contributed by atoms with Crippen LogP contribution in [0.5, 0.6) is 0 Å². The molecule has 2 aromatic carbocycles. The summed E-state index contributed by atoms with van der Waals surface area (Å²) in [5.41, 5.74) is 3.38. The fourth-order valence-corrected chi connectivity index (χ4v) is 2.96. The van der Waals surface area contributed by atoms with Gasteiger partial charge in [0.2, 0.25) is 0 Å². The predicted molar refractivity (Wildman–Crippen MR) is 87.3 cm³/mol. The van der Waals surface area contributed by atoms with Gasteiger partial charge in [0.1, 0.15) is 3.70 Å². The van der Waals surface area contributed by atoms with Gasteiger partial charge in [-0.15, -0.1) is 0 Å². The molecule has 98 valence electrons. The number of fused-ring (bicyclic) bond motifs is 1. The first-order chi connectivity index (χ1) is 9.78. The highest BCUT2D eigenvalue weighted by atomic mass is 127. The standard InChI is InChI=1S/C16H12IN3/c17-16-14-10-12(8-9-18)6-7-15(14)20(19-16)11-13-4-2-1-3-5-13/h1-7,10H,8,11H2. The minimum absolute atomic E-state index is 0.440. The zero-order valence-corrected chi connectivity index (χ0v) is 12.9. The maximum absolute atomic E-state index is 8.79. The summed E-state index contributed by atoms with van der Waals surface area (Å²) in [5.74, 6) is 0. The van der Waals surface area contributed by atoms with Crippen molar-refractivity contribution in [3.8, 4) is 6.07 Å². The van der Waals surface area contributed by atoms with Gasteiger partial charge in [0.05, 0.1) is 24.6 Å². The first-order valence-electron chi connectivity index (χ1n) is 6.34. The van der Waals surface area contributed by atoms with E-state index >= 15 is 0 Å². The van der Waals surface area contributed by atoms with Crippen molar-refractivity contribution in [2.45, 2.75) is 13.0 Å². The summed E-state index contributed by atoms with van der Waals surface area (Å²) < 4.78 is 3.00. The van der Waals surface area contributed by atoms with Gasteiger partial charge in [-0.05, 0) is 45.9 Å². The predicted octanol–water partition coefficient (Wildman–Crippen LogP) is 3.76. The molecule has 0 aliphatic rings. The van der Waals surface area contributed by atoms with Crippen molar-refractivity contribution in [1.29, 1.82) is 5.26 Å². The summed E-state index contributed by atoms with van der Waals surface area (Å²) in [6.07, 6.45) is 0.440. The summed E-state index contributed by atoms with van der Waals surface area (Å²) >= 11 is 2.25. The molecule has 3 nitrogen and oxygen atoms in total. The Morgan fingerprint density at radius 3 is 2.65 bits per heavy atom. The van der Waals surface area contributed by atoms with Gasteiger partial charge in [-0.2, -0.15) is 10.4 Å². The molecule has 0 aliphatic carbocycles. The van der Waals surface area contributed by atoms with Crippen molar-refractivity contribution in [2.24, 2.45) is 0 Å². The fourth-order valence-electron chi connectivity index (χ4n) is 2.27. The highest BCUT2D eigenvalue weighted by Gasteiger charge is 2.09. The van der Waals surface area contributed by atoms with Crippen molar-refractivity contribution >= 4 is 33.5 Å². The molecule has 3 aromatic rings. The Hall–Kier alpha value is -1.87. The third kappa shape index (κ3) is 2.54. The normalized spacial score (nSPS) is 10.6. The van der Waals surface area contributed by atoms with E-state index in [-0.39, 0.29) is 0 Å². The Labute approximate surface area is 131 Å². The van der Waals surface area contributed by atoms with Gasteiger partial charge < -0.3 is 0 Å². The number of nitriles is 1. The average Bonchev–Trinajstić information content (AvgIpc) is 2.77. The number of nitrogens with zero attached hydrogens (tertiary/aromatic N) is 3. The van der Waals surface area contributed by atoms with Crippen LogP contribution < -0.4 is 0 Å². The Kier molecular flexibility index (Phi) is 3.70. The Morgan fingerprint density at radius 1 is 1.10 bits per heavy atom. The minimum atomic E-state index is 0.440. The van der Waals surface area contributed by atoms with Gasteiger partial charge >= 0.3 is 0 Å². The minimum Gasteiger partial charge on any atom is -0.259 e. The molecule has 0 aliphatic heterocycles. The lowest BCUT2D eigenvalue weighted by molar-refractivity contribution is 0.705. The van der Waals surface area contributed by atoms with Crippen LogP contribution in [0.25, 0.3) is 10.9 Å². The van der Waals surface area contributed by atoms with Crippen LogP contribution in [-0.2, 0) is 13.0 Å². The van der Waals surface area contributed by atoms with Crippen LogP contribution >= 0.6 is 22.6 Å². The molecule has 0 N–H and O–H groups in total. The second-order valence-corrected chi connectivity index (χ2v) is 5.64. The maximum Gasteiger partial charge on any atom is 0.131 e. The number of hydrogen-bond acceptors (Lipinski definition) is 2. The van der Waals surface area contributed by atoms with E-state index < -0.39 is 0 Å². The first-order valence-corrected chi connectivity index (χ1v) is 7.41. The van der Waals surface area contributed by atoms with Gasteiger partial charge in [0.25, 0.3) is 0 Å². The van der Waals surface area contributed by atoms with Crippen LogP contribution in [0.1, 0.15) is 11.1 Å². The third-order valence-corrected chi connectivity index (χ3v) is 4.02. The highest BCUT2D eigenvalue weighted by Crippen LogP contribution is 2.22. The molecule has 0 unspecified atom stereocenters. The average molecular weight is 373 g/mol. The van der Waals surface area contributed by atoms with Gasteiger partial charge in [-0.3, -0.25) is 4.68 Å². The lowest BCUT2D eigenvalue weighted by atomic mass is 10.1. The lowest BCUT2D eigenvalue weighted by Gasteiger charge is -2.04. The van der Waals surface area contributed by atoms with E-state index in [1.54, 1.807) is 0 Å². The fraction of sp³-hybridized carbons (Fsp3) is 0.125. The zero-order valence-electron chi connectivity index (χ0n) is 10.8. The molecular formula is C16H12IN3. The van der Waals surface area contributed by atoms with Gasteiger partial charge in [0, 0.05) is 5.39 Å². The van der Waals surface area contributed by atoms with Gasteiger partial charge in [0.15, 0.2) is 0 Å². The SMILES string of the molecule is N#CCc1ccc2c(c1)c(I)nn2Cc1ccccc1. The molecule has 0 saturated heterocycles. The number of halogens is 1. The van der Waals surface area contributed by atoms with Crippen LogP contribution in [0.4, 0.5) is 0 Å². The van der Waals surface area contributed by atoms with Crippen LogP contribution in [-0.4, -0.2) is 9.78 Å². The molecule has 20 heavy (non-hydrogen) atoms. The van der Waals surface area contributed by atoms with E-state index in [0.29, 0.717) is 6.42 Å². The van der Waals surface area contributed by atoms with Crippen LogP contribution in [0.2, 0.25) is 0 Å². The maximum atomic E-state index is 8.79. The smallest absolute Gasteiger partial charge is 0.131 e. The molecule has 0 spiro atoms. The second-order valence-electron chi connectivity index (χ2n) is 4.62. The summed E-state index contributed by atoms with van der Waals surface area (Å²) in [6.45, 7) is 0.762. The summed E-state index contributed by atoms with van der Waals surface area (Å²) in [7, 11) is 0. The Bertz CT molecular complexity index is 785. The molecule has 0 atom stereocenters. The summed E-state index contributed by atoms with van der Waals surface area (Å²) in [6, 6.07) is 18.6. The second kappa shape index (κ2) is 5.63. The Balaban J connectivity index is 2.03. The van der Waals surface area contributed by atoms with Gasteiger partial charge in [-0.25, -0.2) is 0 Å². The molecule has 0 bridgehead atoms. The number of rotatable bonds is 3. The molecule has 0 amide bonds. The quantitative estimate of drug-likeness (QED) is 0.657. The van der Waals surface area contributed by atoms with E-state index in [1.165, 1.54) is 5.56 Å². The van der Waals surface area contributed by atoms with E-state index in [4.69, 9.17) is 5.26 Å². The highest BCUT2D eigenvalue weighted by molar-refractivity contribution is 14.1. The third-order valence-electron chi connectivity index (χ3n) is 3.23. The van der Waals surface area contributed by atoms with Crippen LogP contribution in [0.3, 0.4) is 0 Å². The molecule has 1 aromatic heterocycles. The van der Waals surface area contributed by atoms with E-state index in [0.717, 1.165) is 26.7 Å². The molecular weight excluding hydrogens is 361 g/mol. The van der Waals surface area contributed by atoms with Gasteiger partial charge in [-0.1, -0.05) is 36.4 Å². The Morgan fingerprint density at radius 2 is 1.90 bits per heavy atom. The molecule has 0 radical (unpaired) electrons. The topological polar surface area (TPSA) is 41.6 Å². The first kappa shape index (κ1) is 13.1. The molecule has 3 rings (SSSR count). The number of benzene rings is 2. The monoisotopic (exact) mass is 373 g/mol. The van der Waals surface area contributed by atoms with E-state index in [2.05, 4.69) is 58.0 Å². The van der Waals surface area contributed by atoms with Crippen molar-refractivity contribution in [3.63, 3.8) is 0 Å². The molecule has 0 fully saturated rings. The number of aromatic nitrogens is 2. The zero-order chi connectivity index (χ0) is 13.9. The van der Waals surface area contributed by atoms with E-state index in [9.17, 15) is 0 Å². The molecule has 0 saturated carbocycles.